The fraction of sp³-hybridized carbons (Fsp3) is 0.222. The molecule has 0 spiro atoms. The number of hydrogen-bond donors (Lipinski definition) is 6. The molecule has 0 amide bonds. The van der Waals surface area contributed by atoms with Crippen LogP contribution in [0.4, 0.5) is 0 Å². The summed E-state index contributed by atoms with van der Waals surface area (Å²) in [5.41, 5.74) is 3.93. The molecule has 78 heavy (non-hydrogen) atoms. The minimum absolute atomic E-state index is 0.113. The van der Waals surface area contributed by atoms with E-state index in [-0.39, 0.29) is 112 Å². The van der Waals surface area contributed by atoms with Crippen molar-refractivity contribution in [3.8, 4) is 34.5 Å². The van der Waals surface area contributed by atoms with E-state index >= 15 is 0 Å². The molecule has 6 N–H and O–H groups in total. The number of carboxylic acids is 6. The van der Waals surface area contributed by atoms with Gasteiger partial charge in [-0.15, -0.1) is 0 Å². The predicted molar refractivity (Wildman–Crippen MR) is 286 cm³/mol. The summed E-state index contributed by atoms with van der Waals surface area (Å²) < 4.78 is 57.0. The molecule has 1 aliphatic heterocycles. The summed E-state index contributed by atoms with van der Waals surface area (Å²) in [6.07, 6.45) is 0.224. The highest BCUT2D eigenvalue weighted by Crippen LogP contribution is 2.78. The van der Waals surface area contributed by atoms with Gasteiger partial charge in [-0.2, -0.15) is 0 Å². The second-order valence-corrected chi connectivity index (χ2v) is 23.7. The van der Waals surface area contributed by atoms with Crippen molar-refractivity contribution in [3.05, 3.63) is 179 Å². The van der Waals surface area contributed by atoms with E-state index in [0.29, 0.717) is 33.4 Å². The fourth-order valence-electron chi connectivity index (χ4n) is 7.39. The minimum atomic E-state index is -4.54. The summed E-state index contributed by atoms with van der Waals surface area (Å²) in [6, 6.07) is 38.6. The quantitative estimate of drug-likeness (QED) is 0.0228. The first-order chi connectivity index (χ1) is 37.3. The molecule has 6 aromatic carbocycles. The lowest BCUT2D eigenvalue weighted by molar-refractivity contribution is -0.138. The van der Waals surface area contributed by atoms with E-state index in [1.165, 1.54) is 0 Å². The van der Waals surface area contributed by atoms with E-state index in [2.05, 4.69) is 0 Å². The van der Waals surface area contributed by atoms with Gasteiger partial charge in [0.25, 0.3) is 0 Å². The van der Waals surface area contributed by atoms with Crippen LogP contribution in [-0.4, -0.2) is 66.5 Å². The molecule has 0 unspecified atom stereocenters. The third-order valence-electron chi connectivity index (χ3n) is 11.3. The Bertz CT molecular complexity index is 2710. The zero-order valence-corrected chi connectivity index (χ0v) is 44.3. The van der Waals surface area contributed by atoms with E-state index in [0.717, 1.165) is 0 Å². The van der Waals surface area contributed by atoms with Gasteiger partial charge in [0.05, 0.1) is 0 Å². The number of aryl methyl sites for hydroxylation is 6. The molecule has 6 aromatic rings. The third-order valence-corrected chi connectivity index (χ3v) is 19.4. The molecule has 0 fully saturated rings. The first kappa shape index (κ1) is 57.3. The molecular weight excluding hydrogens is 1070 g/mol. The second kappa shape index (κ2) is 26.6. The van der Waals surface area contributed by atoms with Crippen molar-refractivity contribution >= 4 is 58.8 Å². The van der Waals surface area contributed by atoms with Crippen molar-refractivity contribution in [3.63, 3.8) is 0 Å². The summed E-state index contributed by atoms with van der Waals surface area (Å²) in [4.78, 5) is 69.1. The molecule has 408 valence electrons. The maximum Gasteiger partial charge on any atom is 0.460 e. The SMILES string of the molecule is O=C(O)CCc1ccc(OP2(Oc3ccc(CCC(=O)O)cc3)=NP(Oc3ccc(CCC(=O)O)cc3)(Oc3ccc(CCC(=O)O)cc3)=NP(Oc3ccc(CCC(=O)O)cc3)(Oc3ccc(CCC(=O)O)cc3)=N2)cc1. The van der Waals surface area contributed by atoms with Gasteiger partial charge in [0.2, 0.25) is 0 Å². The summed E-state index contributed by atoms with van der Waals surface area (Å²) in [5, 5.41) is 56.5. The molecule has 0 bridgehead atoms. The number of carbonyl (C=O) groups is 6. The van der Waals surface area contributed by atoms with E-state index in [1.54, 1.807) is 146 Å². The predicted octanol–water partition coefficient (Wildman–Crippen LogP) is 12.4. The molecule has 0 aromatic heterocycles. The largest absolute Gasteiger partial charge is 0.481 e. The fourth-order valence-corrected chi connectivity index (χ4v) is 16.5. The molecular formula is C54H54N3O18P3. The van der Waals surface area contributed by atoms with Gasteiger partial charge in [0.1, 0.15) is 34.5 Å². The molecule has 0 aliphatic carbocycles. The zero-order valence-electron chi connectivity index (χ0n) is 41.6. The Morgan fingerprint density at radius 1 is 0.256 bits per heavy atom. The van der Waals surface area contributed by atoms with Crippen molar-refractivity contribution in [1.29, 1.82) is 0 Å². The minimum Gasteiger partial charge on any atom is -0.481 e. The number of hydrogen-bond acceptors (Lipinski definition) is 15. The molecule has 0 radical (unpaired) electrons. The van der Waals surface area contributed by atoms with Crippen molar-refractivity contribution in [1.82, 2.24) is 0 Å². The Balaban J connectivity index is 1.52. The van der Waals surface area contributed by atoms with Crippen molar-refractivity contribution in [2.45, 2.75) is 77.0 Å². The van der Waals surface area contributed by atoms with Gasteiger partial charge in [-0.1, -0.05) is 86.3 Å². The molecule has 7 rings (SSSR count). The molecule has 0 atom stereocenters. The Morgan fingerprint density at radius 3 is 0.500 bits per heavy atom. The highest BCUT2D eigenvalue weighted by atomic mass is 31.3. The Kier molecular flexibility index (Phi) is 19.6. The van der Waals surface area contributed by atoms with Crippen LogP contribution in [0.3, 0.4) is 0 Å². The number of benzene rings is 6. The topological polar surface area (TPSA) is 316 Å². The highest BCUT2D eigenvalue weighted by molar-refractivity contribution is 7.79. The van der Waals surface area contributed by atoms with Crippen LogP contribution in [0.25, 0.3) is 0 Å². The normalized spacial score (nSPS) is 13.7. The first-order valence-electron chi connectivity index (χ1n) is 24.3. The van der Waals surface area contributed by atoms with Crippen LogP contribution in [0.2, 0.25) is 0 Å². The van der Waals surface area contributed by atoms with Gasteiger partial charge >= 0.3 is 58.8 Å². The van der Waals surface area contributed by atoms with E-state index in [1.807, 2.05) is 0 Å². The third kappa shape index (κ3) is 17.9. The van der Waals surface area contributed by atoms with Gasteiger partial charge in [-0.3, -0.25) is 28.8 Å². The summed E-state index contributed by atoms with van der Waals surface area (Å²) in [7, 11) is -13.6. The Morgan fingerprint density at radius 2 is 0.385 bits per heavy atom. The smallest absolute Gasteiger partial charge is 0.460 e. The number of aliphatic carboxylic acids is 6. The summed E-state index contributed by atoms with van der Waals surface area (Å²) >= 11 is 0. The van der Waals surface area contributed by atoms with Crippen LogP contribution in [0.15, 0.2) is 159 Å². The van der Waals surface area contributed by atoms with Crippen LogP contribution in [0.5, 0.6) is 34.5 Å². The molecule has 0 saturated carbocycles. The van der Waals surface area contributed by atoms with Crippen molar-refractivity contribution < 1.29 is 86.5 Å². The van der Waals surface area contributed by atoms with Crippen LogP contribution < -0.4 is 27.1 Å². The van der Waals surface area contributed by atoms with Crippen LogP contribution in [0.1, 0.15) is 71.9 Å². The molecule has 24 heteroatoms. The van der Waals surface area contributed by atoms with E-state index < -0.39 is 58.8 Å². The summed E-state index contributed by atoms with van der Waals surface area (Å²) in [5.74, 6) is -5.31. The monoisotopic (exact) mass is 1130 g/mol. The Hall–Kier alpha value is -8.37. The van der Waals surface area contributed by atoms with Gasteiger partial charge < -0.3 is 57.8 Å². The van der Waals surface area contributed by atoms with Gasteiger partial charge in [0.15, 0.2) is 0 Å². The average molecular weight is 1130 g/mol. The lowest BCUT2D eigenvalue weighted by atomic mass is 10.1. The number of carboxylic acid groups (broad SMARTS) is 6. The lowest BCUT2D eigenvalue weighted by Gasteiger charge is -2.33. The van der Waals surface area contributed by atoms with Gasteiger partial charge in [-0.05, 0) is 145 Å². The van der Waals surface area contributed by atoms with E-state index in [4.69, 9.17) is 40.7 Å². The molecule has 1 aliphatic rings. The maximum atomic E-state index is 11.5. The van der Waals surface area contributed by atoms with Crippen LogP contribution in [0, 0.1) is 0 Å². The van der Waals surface area contributed by atoms with Crippen LogP contribution >= 0.6 is 23.0 Å². The second-order valence-electron chi connectivity index (χ2n) is 17.5. The van der Waals surface area contributed by atoms with Crippen molar-refractivity contribution in [2.24, 2.45) is 13.5 Å². The van der Waals surface area contributed by atoms with E-state index in [9.17, 15) is 59.4 Å². The lowest BCUT2D eigenvalue weighted by Crippen LogP contribution is -2.11. The first-order valence-corrected chi connectivity index (χ1v) is 28.8. The van der Waals surface area contributed by atoms with Crippen molar-refractivity contribution in [2.75, 3.05) is 0 Å². The standard InChI is InChI=1S/C54H54N3O18P3/c58-49(59)31-13-37-1-19-43(20-2-37)70-76(71-44-21-3-38(4-22-44)14-32-50(60)61)55-77(72-45-23-5-39(6-24-45)15-33-51(62)63,73-46-25-7-40(8-26-46)16-34-52(64)65)57-78(56-76,74-47-27-9-41(10-28-47)17-35-53(66)67)75-48-29-11-42(12-30-48)18-36-54(68)69/h1-12,19-30H,13-18,31-36H2,(H,58,59)(H,60,61)(H,62,63)(H,64,65)(H,66,67)(H,68,69). The van der Waals surface area contributed by atoms with Crippen LogP contribution in [-0.2, 0) is 67.3 Å². The van der Waals surface area contributed by atoms with Gasteiger partial charge in [0, 0.05) is 38.5 Å². The molecule has 0 saturated heterocycles. The Labute approximate surface area is 447 Å². The van der Waals surface area contributed by atoms with Gasteiger partial charge in [-0.25, -0.2) is 0 Å². The average Bonchev–Trinajstić information content (AvgIpc) is 3.57. The number of rotatable bonds is 30. The highest BCUT2D eigenvalue weighted by Gasteiger charge is 2.49. The maximum absolute atomic E-state index is 11.5. The summed E-state index contributed by atoms with van der Waals surface area (Å²) in [6.45, 7) is 0. The number of nitrogens with zero attached hydrogens (tertiary/aromatic N) is 3. The molecule has 21 nitrogen and oxygen atoms in total. The molecule has 1 heterocycles. The zero-order chi connectivity index (χ0) is 55.7.